The third-order valence-electron chi connectivity index (χ3n) is 3.35. The Labute approximate surface area is 173 Å². The Balaban J connectivity index is 2.76. The molecule has 0 bridgehead atoms. The highest BCUT2D eigenvalue weighted by Gasteiger charge is 2.33. The molecular formula is C15H15Cl2F3N4OS2. The van der Waals surface area contributed by atoms with E-state index in [-0.39, 0.29) is 21.4 Å². The summed E-state index contributed by atoms with van der Waals surface area (Å²) in [5, 5.41) is 6.79. The fraction of sp³-hybridized carbons (Fsp3) is 0.333. The molecular weight excluding hydrogens is 444 g/mol. The number of thioether (sulfide) groups is 1. The number of hydrogen-bond acceptors (Lipinski definition) is 5. The first-order valence-electron chi connectivity index (χ1n) is 7.66. The average molecular weight is 459 g/mol. The van der Waals surface area contributed by atoms with E-state index in [0.717, 1.165) is 12.1 Å². The molecule has 1 aromatic carbocycles. The lowest BCUT2D eigenvalue weighted by atomic mass is 10.2. The first-order chi connectivity index (χ1) is 12.6. The van der Waals surface area contributed by atoms with Gasteiger partial charge in [-0.2, -0.15) is 18.3 Å². The molecule has 0 aliphatic heterocycles. The molecule has 0 unspecified atom stereocenters. The van der Waals surface area contributed by atoms with Crippen molar-refractivity contribution >= 4 is 59.5 Å². The third kappa shape index (κ3) is 4.61. The summed E-state index contributed by atoms with van der Waals surface area (Å²) in [5.41, 5.74) is -0.881. The monoisotopic (exact) mass is 458 g/mol. The maximum atomic E-state index is 13.0. The van der Waals surface area contributed by atoms with E-state index >= 15 is 0 Å². The van der Waals surface area contributed by atoms with Crippen LogP contribution in [0.15, 0.2) is 17.0 Å². The van der Waals surface area contributed by atoms with Gasteiger partial charge in [0.05, 0.1) is 20.5 Å². The Kier molecular flexibility index (Phi) is 7.23. The maximum Gasteiger partial charge on any atom is 0.416 e. The minimum atomic E-state index is -4.60. The first kappa shape index (κ1) is 22.1. The lowest BCUT2D eigenvalue weighted by Crippen LogP contribution is -2.15. The predicted octanol–water partition coefficient (Wildman–Crippen LogP) is 5.32. The second kappa shape index (κ2) is 8.85. The smallest absolute Gasteiger partial charge is 0.369 e. The van der Waals surface area contributed by atoms with Gasteiger partial charge in [-0.25, -0.2) is 4.68 Å². The standard InChI is InChI=1S/C15H15Cl2F3N4OS2/c1-3-21-13-12(27-4-2)10(14(25)23-26)22-24(13)11-8(16)5-7(6-9(11)17)15(18,19)20/h5-6,21,26H,3-4H2,1-2H3,(H,23,25). The number of anilines is 1. The lowest BCUT2D eigenvalue weighted by molar-refractivity contribution is -0.137. The van der Waals surface area contributed by atoms with Crippen molar-refractivity contribution in [1.82, 2.24) is 14.5 Å². The number of rotatable bonds is 6. The van der Waals surface area contributed by atoms with Crippen LogP contribution in [0.3, 0.4) is 0 Å². The van der Waals surface area contributed by atoms with Crippen LogP contribution in [0, 0.1) is 0 Å². The van der Waals surface area contributed by atoms with Gasteiger partial charge in [-0.15, -0.1) is 11.8 Å². The van der Waals surface area contributed by atoms with Crippen LogP contribution < -0.4 is 10.0 Å². The highest BCUT2D eigenvalue weighted by Crippen LogP contribution is 2.40. The number of hydrogen-bond donors (Lipinski definition) is 3. The number of thiol groups is 1. The Morgan fingerprint density at radius 1 is 1.30 bits per heavy atom. The Bertz CT molecular complexity index is 835. The molecule has 0 atom stereocenters. The number of alkyl halides is 3. The SMILES string of the molecule is CCNc1c(SCC)c(C(=O)NS)nn1-c1c(Cl)cc(C(F)(F)F)cc1Cl. The molecule has 0 aliphatic rings. The molecule has 12 heteroatoms. The number of aromatic nitrogens is 2. The van der Waals surface area contributed by atoms with E-state index in [9.17, 15) is 18.0 Å². The molecule has 1 heterocycles. The van der Waals surface area contributed by atoms with Crippen LogP contribution in [0.1, 0.15) is 29.9 Å². The maximum absolute atomic E-state index is 13.0. The number of carbonyl (C=O) groups excluding carboxylic acids is 1. The summed E-state index contributed by atoms with van der Waals surface area (Å²) in [6, 6.07) is 1.54. The van der Waals surface area contributed by atoms with Crippen molar-refractivity contribution in [2.24, 2.45) is 0 Å². The second-order valence-corrected chi connectivity index (χ2v) is 7.44. The zero-order chi connectivity index (χ0) is 20.4. The first-order valence-corrected chi connectivity index (χ1v) is 9.85. The molecule has 2 N–H and O–H groups in total. The number of benzene rings is 1. The summed E-state index contributed by atoms with van der Waals surface area (Å²) >= 11 is 17.3. The topological polar surface area (TPSA) is 59.0 Å². The molecule has 27 heavy (non-hydrogen) atoms. The van der Waals surface area contributed by atoms with E-state index in [1.165, 1.54) is 16.4 Å². The van der Waals surface area contributed by atoms with Gasteiger partial charge in [0, 0.05) is 6.54 Å². The summed E-state index contributed by atoms with van der Waals surface area (Å²) < 4.78 is 42.4. The van der Waals surface area contributed by atoms with Crippen LogP contribution in [-0.2, 0) is 6.18 Å². The minimum absolute atomic E-state index is 0.0402. The van der Waals surface area contributed by atoms with Gasteiger partial charge in [0.1, 0.15) is 11.5 Å². The molecule has 0 saturated heterocycles. The van der Waals surface area contributed by atoms with Crippen molar-refractivity contribution in [2.45, 2.75) is 24.9 Å². The largest absolute Gasteiger partial charge is 0.416 e. The Morgan fingerprint density at radius 2 is 1.89 bits per heavy atom. The van der Waals surface area contributed by atoms with Gasteiger partial charge in [0.2, 0.25) is 0 Å². The van der Waals surface area contributed by atoms with Crippen LogP contribution in [0.25, 0.3) is 5.69 Å². The summed E-state index contributed by atoms with van der Waals surface area (Å²) in [5.74, 6) is 0.469. The zero-order valence-corrected chi connectivity index (χ0v) is 17.3. The second-order valence-electron chi connectivity index (χ2n) is 5.13. The Hall–Kier alpha value is -1.23. The van der Waals surface area contributed by atoms with Crippen molar-refractivity contribution in [3.05, 3.63) is 33.4 Å². The number of nitrogens with one attached hydrogen (secondary N) is 2. The molecule has 0 spiro atoms. The van der Waals surface area contributed by atoms with Crippen LogP contribution in [-0.4, -0.2) is 28.0 Å². The molecule has 1 aromatic heterocycles. The van der Waals surface area contributed by atoms with E-state index in [2.05, 4.69) is 28.0 Å². The molecule has 2 aromatic rings. The summed E-state index contributed by atoms with van der Waals surface area (Å²) in [7, 11) is 0. The fourth-order valence-electron chi connectivity index (χ4n) is 2.30. The van der Waals surface area contributed by atoms with Crippen molar-refractivity contribution in [3.63, 3.8) is 0 Å². The van der Waals surface area contributed by atoms with Crippen molar-refractivity contribution in [2.75, 3.05) is 17.6 Å². The number of nitrogens with zero attached hydrogens (tertiary/aromatic N) is 2. The molecule has 2 rings (SSSR count). The highest BCUT2D eigenvalue weighted by molar-refractivity contribution is 7.99. The van der Waals surface area contributed by atoms with Crippen LogP contribution in [0.4, 0.5) is 19.0 Å². The molecule has 1 amide bonds. The van der Waals surface area contributed by atoms with E-state index in [1.807, 2.05) is 13.8 Å². The quantitative estimate of drug-likeness (QED) is 0.405. The Morgan fingerprint density at radius 3 is 2.33 bits per heavy atom. The molecule has 0 radical (unpaired) electrons. The van der Waals surface area contributed by atoms with E-state index < -0.39 is 17.6 Å². The average Bonchev–Trinajstić information content (AvgIpc) is 2.92. The molecule has 5 nitrogen and oxygen atoms in total. The van der Waals surface area contributed by atoms with Gasteiger partial charge >= 0.3 is 6.18 Å². The van der Waals surface area contributed by atoms with Crippen molar-refractivity contribution in [3.8, 4) is 5.69 Å². The number of halogens is 5. The third-order valence-corrected chi connectivity index (χ3v) is 5.09. The fourth-order valence-corrected chi connectivity index (χ4v) is 3.91. The highest BCUT2D eigenvalue weighted by atomic mass is 35.5. The molecule has 148 valence electrons. The zero-order valence-electron chi connectivity index (χ0n) is 14.1. The number of carbonyl (C=O) groups is 1. The van der Waals surface area contributed by atoms with E-state index in [0.29, 0.717) is 23.0 Å². The van der Waals surface area contributed by atoms with Gasteiger partial charge in [0.25, 0.3) is 5.91 Å². The predicted molar refractivity (Wildman–Crippen MR) is 106 cm³/mol. The van der Waals surface area contributed by atoms with Crippen LogP contribution in [0.2, 0.25) is 10.0 Å². The number of amides is 1. The summed E-state index contributed by atoms with van der Waals surface area (Å²) in [6.07, 6.45) is -4.60. The lowest BCUT2D eigenvalue weighted by Gasteiger charge is -2.15. The molecule has 0 aliphatic carbocycles. The summed E-state index contributed by atoms with van der Waals surface area (Å²) in [4.78, 5) is 12.7. The normalized spacial score (nSPS) is 11.6. The molecule has 0 fully saturated rings. The van der Waals surface area contributed by atoms with Gasteiger partial charge in [-0.3, -0.25) is 9.52 Å². The minimum Gasteiger partial charge on any atom is -0.369 e. The van der Waals surface area contributed by atoms with Crippen LogP contribution >= 0.6 is 47.8 Å². The van der Waals surface area contributed by atoms with Gasteiger partial charge < -0.3 is 5.32 Å². The van der Waals surface area contributed by atoms with Crippen molar-refractivity contribution < 1.29 is 18.0 Å². The van der Waals surface area contributed by atoms with Gasteiger partial charge in [0.15, 0.2) is 5.69 Å². The molecule has 0 saturated carbocycles. The van der Waals surface area contributed by atoms with Gasteiger partial charge in [-0.05, 0) is 24.8 Å². The van der Waals surface area contributed by atoms with Crippen LogP contribution in [0.5, 0.6) is 0 Å². The van der Waals surface area contributed by atoms with Crippen molar-refractivity contribution in [1.29, 1.82) is 0 Å². The van der Waals surface area contributed by atoms with Gasteiger partial charge in [-0.1, -0.05) is 42.9 Å². The van der Waals surface area contributed by atoms with E-state index in [1.54, 1.807) is 0 Å². The van der Waals surface area contributed by atoms with E-state index in [4.69, 9.17) is 23.2 Å². The summed E-state index contributed by atoms with van der Waals surface area (Å²) in [6.45, 7) is 4.19.